The van der Waals surface area contributed by atoms with Crippen LogP contribution >= 0.6 is 0 Å². The second-order valence-corrected chi connectivity index (χ2v) is 9.69. The summed E-state index contributed by atoms with van der Waals surface area (Å²) in [6, 6.07) is 6.96. The molecule has 2 aliphatic heterocycles. The van der Waals surface area contributed by atoms with Crippen LogP contribution in [0.5, 0.6) is 5.75 Å². The maximum Gasteiger partial charge on any atom is 0.285 e. The molecule has 9 heteroatoms. The molecule has 1 aromatic rings. The number of benzene rings is 1. The minimum Gasteiger partial charge on any atom is -0.497 e. The Morgan fingerprint density at radius 2 is 1.81 bits per heavy atom. The van der Waals surface area contributed by atoms with Gasteiger partial charge in [0.05, 0.1) is 7.11 Å². The molecule has 2 heterocycles. The van der Waals surface area contributed by atoms with Crippen LogP contribution in [0.25, 0.3) is 4.91 Å². The third-order valence-electron chi connectivity index (χ3n) is 6.28. The number of likely N-dealkylation sites (N-methyl/N-ethyl adjacent to an activating group) is 1. The van der Waals surface area contributed by atoms with Gasteiger partial charge in [-0.25, -0.2) is 0 Å². The summed E-state index contributed by atoms with van der Waals surface area (Å²) in [4.78, 5) is 17.1. The van der Waals surface area contributed by atoms with Crippen LogP contribution in [0.3, 0.4) is 0 Å². The van der Waals surface area contributed by atoms with Crippen LogP contribution in [0, 0.1) is 5.92 Å². The highest BCUT2D eigenvalue weighted by atomic mass is 32.2. The third-order valence-corrected chi connectivity index (χ3v) is 7.75. The summed E-state index contributed by atoms with van der Waals surface area (Å²) < 4.78 is 34.9. The van der Waals surface area contributed by atoms with E-state index in [0.29, 0.717) is 55.2 Å². The van der Waals surface area contributed by atoms with Crippen molar-refractivity contribution in [1.29, 1.82) is 0 Å². The molecule has 1 aromatic carbocycles. The van der Waals surface area contributed by atoms with Gasteiger partial charge in [0.2, 0.25) is 5.91 Å². The molecule has 0 saturated carbocycles. The van der Waals surface area contributed by atoms with Crippen molar-refractivity contribution in [1.82, 2.24) is 15.1 Å². The monoisotopic (exact) mass is 462 g/mol. The van der Waals surface area contributed by atoms with Gasteiger partial charge in [-0.05, 0) is 62.7 Å². The number of amides is 1. The molecule has 0 aliphatic carbocycles. The van der Waals surface area contributed by atoms with Gasteiger partial charge in [-0.3, -0.25) is 4.79 Å². The molecular formula is C23H34N4O4S. The van der Waals surface area contributed by atoms with Gasteiger partial charge in [0.15, 0.2) is 0 Å². The molecule has 32 heavy (non-hydrogen) atoms. The van der Waals surface area contributed by atoms with E-state index in [1.807, 2.05) is 4.90 Å². The highest BCUT2D eigenvalue weighted by Gasteiger charge is 2.35. The Labute approximate surface area is 191 Å². The number of sulfonamides is 1. The molecule has 0 radical (unpaired) electrons. The first-order valence-corrected chi connectivity index (χ1v) is 12.7. The average Bonchev–Trinajstić information content (AvgIpc) is 3.05. The number of nitrogens with one attached hydrogen (secondary N) is 1. The Morgan fingerprint density at radius 1 is 1.19 bits per heavy atom. The van der Waals surface area contributed by atoms with Gasteiger partial charge in [0, 0.05) is 37.7 Å². The lowest BCUT2D eigenvalue weighted by Crippen LogP contribution is -2.44. The van der Waals surface area contributed by atoms with Crippen LogP contribution in [0.1, 0.15) is 39.2 Å². The quantitative estimate of drug-likeness (QED) is 0.638. The number of rotatable bonds is 8. The summed E-state index contributed by atoms with van der Waals surface area (Å²) in [6.07, 6.45) is 1.36. The minimum absolute atomic E-state index is 0.0492. The van der Waals surface area contributed by atoms with Gasteiger partial charge < -0.3 is 19.9 Å². The lowest BCUT2D eigenvalue weighted by atomic mass is 9.95. The normalized spacial score (nSPS) is 18.8. The van der Waals surface area contributed by atoms with E-state index in [1.165, 1.54) is 0 Å². The maximum absolute atomic E-state index is 12.8. The Kier molecular flexibility index (Phi) is 7.95. The first-order valence-electron chi connectivity index (χ1n) is 11.3. The summed E-state index contributed by atoms with van der Waals surface area (Å²) in [5.41, 5.74) is 1.25. The van der Waals surface area contributed by atoms with E-state index >= 15 is 0 Å². The van der Waals surface area contributed by atoms with Crippen LogP contribution in [0.2, 0.25) is 0 Å². The van der Waals surface area contributed by atoms with E-state index in [4.69, 9.17) is 4.74 Å². The molecular weight excluding hydrogens is 428 g/mol. The van der Waals surface area contributed by atoms with E-state index < -0.39 is 10.0 Å². The second-order valence-electron chi connectivity index (χ2n) is 8.15. The molecule has 3 rings (SSSR count). The summed E-state index contributed by atoms with van der Waals surface area (Å²) in [6.45, 7) is 10.7. The molecule has 8 nitrogen and oxygen atoms in total. The van der Waals surface area contributed by atoms with E-state index in [-0.39, 0.29) is 16.7 Å². The summed E-state index contributed by atoms with van der Waals surface area (Å²) in [5, 5.41) is 3.05. The lowest BCUT2D eigenvalue weighted by molar-refractivity contribution is -0.126. The zero-order valence-corrected chi connectivity index (χ0v) is 20.2. The lowest BCUT2D eigenvalue weighted by Gasteiger charge is -2.33. The van der Waals surface area contributed by atoms with Crippen molar-refractivity contribution in [2.75, 3.05) is 46.4 Å². The number of nitrogens with zero attached hydrogens (tertiary/aromatic N) is 3. The van der Waals surface area contributed by atoms with Crippen LogP contribution in [-0.4, -0.2) is 76.3 Å². The Bertz CT molecular complexity index is 974. The van der Waals surface area contributed by atoms with Crippen molar-refractivity contribution >= 4 is 26.7 Å². The molecule has 0 aromatic heterocycles. The summed E-state index contributed by atoms with van der Waals surface area (Å²) in [7, 11) is -2.19. The third kappa shape index (κ3) is 5.32. The molecule has 1 saturated heterocycles. The SMILES string of the molecule is CCN(CC)CCNC(=O)C1CCN(C2=NS(=O)(=O)C(c3ccc(OC)cc3)=C2C)CC1. The predicted molar refractivity (Wildman–Crippen MR) is 127 cm³/mol. The molecule has 1 fully saturated rings. The van der Waals surface area contributed by atoms with Gasteiger partial charge in [-0.15, -0.1) is 4.40 Å². The Balaban J connectivity index is 1.62. The van der Waals surface area contributed by atoms with E-state index in [9.17, 15) is 13.2 Å². The largest absolute Gasteiger partial charge is 0.497 e. The fraction of sp³-hybridized carbons (Fsp3) is 0.565. The number of ether oxygens (including phenoxy) is 1. The molecule has 1 N–H and O–H groups in total. The number of carbonyl (C=O) groups is 1. The number of piperidine rings is 1. The van der Waals surface area contributed by atoms with E-state index in [1.54, 1.807) is 38.3 Å². The van der Waals surface area contributed by atoms with E-state index in [0.717, 1.165) is 19.6 Å². The number of amidine groups is 1. The number of likely N-dealkylation sites (tertiary alicyclic amines) is 1. The topological polar surface area (TPSA) is 91.3 Å². The molecule has 0 bridgehead atoms. The van der Waals surface area contributed by atoms with Crippen molar-refractivity contribution in [3.63, 3.8) is 0 Å². The minimum atomic E-state index is -3.76. The molecule has 0 atom stereocenters. The van der Waals surface area contributed by atoms with Crippen molar-refractivity contribution in [2.45, 2.75) is 33.6 Å². The zero-order valence-electron chi connectivity index (χ0n) is 19.4. The molecule has 0 unspecified atom stereocenters. The van der Waals surface area contributed by atoms with Gasteiger partial charge in [0.1, 0.15) is 16.5 Å². The van der Waals surface area contributed by atoms with Gasteiger partial charge in [-0.2, -0.15) is 8.42 Å². The first-order chi connectivity index (χ1) is 15.3. The van der Waals surface area contributed by atoms with Crippen molar-refractivity contribution in [3.05, 3.63) is 35.4 Å². The Hall–Kier alpha value is -2.39. The van der Waals surface area contributed by atoms with Gasteiger partial charge >= 0.3 is 0 Å². The van der Waals surface area contributed by atoms with Crippen LogP contribution < -0.4 is 10.1 Å². The van der Waals surface area contributed by atoms with Crippen LogP contribution in [0.15, 0.2) is 34.2 Å². The predicted octanol–water partition coefficient (Wildman–Crippen LogP) is 2.34. The van der Waals surface area contributed by atoms with Crippen LogP contribution in [-0.2, 0) is 14.8 Å². The number of hydrogen-bond donors (Lipinski definition) is 1. The number of hydrogen-bond acceptors (Lipinski definition) is 6. The van der Waals surface area contributed by atoms with Crippen molar-refractivity contribution < 1.29 is 17.9 Å². The first kappa shape index (κ1) is 24.3. The maximum atomic E-state index is 12.8. The average molecular weight is 463 g/mol. The smallest absolute Gasteiger partial charge is 0.285 e. The van der Waals surface area contributed by atoms with E-state index in [2.05, 4.69) is 28.5 Å². The number of methoxy groups -OCH3 is 1. The second kappa shape index (κ2) is 10.5. The highest BCUT2D eigenvalue weighted by Crippen LogP contribution is 2.35. The fourth-order valence-corrected chi connectivity index (χ4v) is 5.78. The highest BCUT2D eigenvalue weighted by molar-refractivity contribution is 8.00. The zero-order chi connectivity index (χ0) is 23.3. The Morgan fingerprint density at radius 3 is 2.38 bits per heavy atom. The van der Waals surface area contributed by atoms with Crippen molar-refractivity contribution in [3.8, 4) is 5.75 Å². The molecule has 0 spiro atoms. The van der Waals surface area contributed by atoms with Gasteiger partial charge in [-0.1, -0.05) is 13.8 Å². The van der Waals surface area contributed by atoms with Gasteiger partial charge in [0.25, 0.3) is 10.0 Å². The molecule has 176 valence electrons. The number of carbonyl (C=O) groups excluding carboxylic acids is 1. The summed E-state index contributed by atoms with van der Waals surface area (Å²) >= 11 is 0. The molecule has 1 amide bonds. The fourth-order valence-electron chi connectivity index (χ4n) is 4.30. The van der Waals surface area contributed by atoms with Crippen molar-refractivity contribution in [2.24, 2.45) is 10.3 Å². The summed E-state index contributed by atoms with van der Waals surface area (Å²) in [5.74, 6) is 1.20. The standard InChI is InChI=1S/C23H34N4O4S/c1-5-26(6-2)16-13-24-23(28)19-11-14-27(15-12-19)22-17(3)21(32(29,30)25-22)18-7-9-20(31-4)10-8-18/h7-10,19H,5-6,11-16H2,1-4H3,(H,24,28). The molecule has 2 aliphatic rings. The van der Waals surface area contributed by atoms with Crippen LogP contribution in [0.4, 0.5) is 0 Å².